The fraction of sp³-hybridized carbons (Fsp3) is 0.0833. The van der Waals surface area contributed by atoms with Crippen LogP contribution in [-0.2, 0) is 21.4 Å². The van der Waals surface area contributed by atoms with E-state index in [9.17, 15) is 18.0 Å². The summed E-state index contributed by atoms with van der Waals surface area (Å²) in [5, 5.41) is 0. The second-order valence-electron chi connectivity index (χ2n) is 6.89. The number of sulfonamides is 1. The summed E-state index contributed by atoms with van der Waals surface area (Å²) < 4.78 is 32.7. The van der Waals surface area contributed by atoms with Gasteiger partial charge in [0.15, 0.2) is 0 Å². The molecule has 3 rings (SSSR count). The molecule has 0 atom stereocenters. The van der Waals surface area contributed by atoms with E-state index >= 15 is 0 Å². The van der Waals surface area contributed by atoms with Crippen molar-refractivity contribution in [3.63, 3.8) is 0 Å². The number of benzene rings is 3. The molecular weight excluding hydrogens is 442 g/mol. The van der Waals surface area contributed by atoms with Crippen LogP contribution in [0.25, 0.3) is 6.08 Å². The summed E-state index contributed by atoms with van der Waals surface area (Å²) >= 11 is 0. The molecule has 0 aliphatic rings. The molecule has 0 fully saturated rings. The first-order chi connectivity index (χ1) is 15.9. The van der Waals surface area contributed by atoms with Gasteiger partial charge in [0.05, 0.1) is 12.0 Å². The lowest BCUT2D eigenvalue weighted by molar-refractivity contribution is -0.117. The van der Waals surface area contributed by atoms with E-state index in [1.54, 1.807) is 49.6 Å². The third kappa shape index (κ3) is 7.03. The maximum atomic E-state index is 12.6. The van der Waals surface area contributed by atoms with Crippen molar-refractivity contribution in [3.8, 4) is 5.75 Å². The van der Waals surface area contributed by atoms with Crippen LogP contribution in [0.2, 0.25) is 0 Å². The monoisotopic (exact) mass is 465 g/mol. The maximum Gasteiger partial charge on any atom is 0.269 e. The highest BCUT2D eigenvalue weighted by Gasteiger charge is 2.16. The number of hydrazine groups is 1. The van der Waals surface area contributed by atoms with Crippen LogP contribution in [0, 0.1) is 0 Å². The van der Waals surface area contributed by atoms with Crippen LogP contribution >= 0.6 is 0 Å². The van der Waals surface area contributed by atoms with E-state index in [4.69, 9.17) is 4.74 Å². The highest BCUT2D eigenvalue weighted by atomic mass is 32.2. The third-order valence-corrected chi connectivity index (χ3v) is 5.96. The zero-order valence-electron chi connectivity index (χ0n) is 17.8. The van der Waals surface area contributed by atoms with Crippen LogP contribution < -0.4 is 20.3 Å². The molecule has 2 amide bonds. The lowest BCUT2D eigenvalue weighted by Crippen LogP contribution is -2.40. The maximum absolute atomic E-state index is 12.6. The van der Waals surface area contributed by atoms with E-state index in [0.29, 0.717) is 5.75 Å². The molecular formula is C24H23N3O5S. The van der Waals surface area contributed by atoms with Crippen molar-refractivity contribution < 1.29 is 22.7 Å². The van der Waals surface area contributed by atoms with Gasteiger partial charge < -0.3 is 4.74 Å². The molecule has 3 N–H and O–H groups in total. The molecule has 0 heterocycles. The van der Waals surface area contributed by atoms with Crippen molar-refractivity contribution in [3.05, 3.63) is 102 Å². The Morgan fingerprint density at radius 2 is 1.64 bits per heavy atom. The Morgan fingerprint density at radius 3 is 2.33 bits per heavy atom. The number of ether oxygens (including phenoxy) is 1. The number of carbonyl (C=O) groups is 2. The number of hydrogen-bond acceptors (Lipinski definition) is 5. The van der Waals surface area contributed by atoms with Gasteiger partial charge in [0.2, 0.25) is 10.0 Å². The Balaban J connectivity index is 1.57. The number of rotatable bonds is 8. The SMILES string of the molecule is COc1ccc(/C=C/C(=O)NNC(=O)c2cccc(S(=O)(=O)NCc3ccccc3)c2)cc1. The van der Waals surface area contributed by atoms with Gasteiger partial charge in [-0.15, -0.1) is 0 Å². The van der Waals surface area contributed by atoms with Gasteiger partial charge in [0.25, 0.3) is 11.8 Å². The minimum absolute atomic E-state index is 0.0585. The Kier molecular flexibility index (Phi) is 7.96. The zero-order chi connectivity index (χ0) is 23.7. The number of nitrogens with one attached hydrogen (secondary N) is 3. The lowest BCUT2D eigenvalue weighted by atomic mass is 10.2. The summed E-state index contributed by atoms with van der Waals surface area (Å²) in [6.45, 7) is 0.121. The molecule has 3 aromatic rings. The molecule has 0 radical (unpaired) electrons. The van der Waals surface area contributed by atoms with Gasteiger partial charge in [0.1, 0.15) is 5.75 Å². The van der Waals surface area contributed by atoms with E-state index in [0.717, 1.165) is 11.1 Å². The van der Waals surface area contributed by atoms with Crippen LogP contribution in [0.3, 0.4) is 0 Å². The molecule has 170 valence electrons. The van der Waals surface area contributed by atoms with Gasteiger partial charge >= 0.3 is 0 Å². The number of carbonyl (C=O) groups excluding carboxylic acids is 2. The van der Waals surface area contributed by atoms with Crippen LogP contribution in [-0.4, -0.2) is 27.3 Å². The molecule has 9 heteroatoms. The second-order valence-corrected chi connectivity index (χ2v) is 8.65. The molecule has 8 nitrogen and oxygen atoms in total. The van der Waals surface area contributed by atoms with Crippen LogP contribution in [0.15, 0.2) is 89.8 Å². The first-order valence-corrected chi connectivity index (χ1v) is 11.4. The Bertz CT molecular complexity index is 1240. The Labute approximate surface area is 192 Å². The zero-order valence-corrected chi connectivity index (χ0v) is 18.6. The van der Waals surface area contributed by atoms with E-state index in [1.165, 1.54) is 30.3 Å². The molecule has 0 spiro atoms. The molecule has 0 bridgehead atoms. The van der Waals surface area contributed by atoms with Crippen molar-refractivity contribution in [2.75, 3.05) is 7.11 Å². The number of hydrogen-bond donors (Lipinski definition) is 3. The Hall–Kier alpha value is -3.95. The largest absolute Gasteiger partial charge is 0.497 e. The first-order valence-electron chi connectivity index (χ1n) is 9.93. The predicted molar refractivity (Wildman–Crippen MR) is 125 cm³/mol. The van der Waals surface area contributed by atoms with Crippen LogP contribution in [0.5, 0.6) is 5.75 Å². The van der Waals surface area contributed by atoms with Gasteiger partial charge in [-0.3, -0.25) is 20.4 Å². The smallest absolute Gasteiger partial charge is 0.269 e. The molecule has 0 aliphatic heterocycles. The highest BCUT2D eigenvalue weighted by molar-refractivity contribution is 7.89. The standard InChI is InChI=1S/C24H23N3O5S/c1-32-21-13-10-18(11-14-21)12-15-23(28)26-27-24(29)20-8-5-9-22(16-20)33(30,31)25-17-19-6-3-2-4-7-19/h2-16,25H,17H2,1H3,(H,26,28)(H,27,29)/b15-12+. The van der Waals surface area contributed by atoms with E-state index < -0.39 is 21.8 Å². The highest BCUT2D eigenvalue weighted by Crippen LogP contribution is 2.13. The third-order valence-electron chi connectivity index (χ3n) is 4.56. The van der Waals surface area contributed by atoms with Gasteiger partial charge in [0, 0.05) is 18.2 Å². The molecule has 0 aliphatic carbocycles. The summed E-state index contributed by atoms with van der Waals surface area (Å²) in [5.41, 5.74) is 6.19. The van der Waals surface area contributed by atoms with Crippen molar-refractivity contribution in [1.82, 2.24) is 15.6 Å². The summed E-state index contributed by atoms with van der Waals surface area (Å²) in [4.78, 5) is 24.3. The number of amides is 2. The fourth-order valence-electron chi connectivity index (χ4n) is 2.78. The van der Waals surface area contributed by atoms with E-state index in [1.807, 2.05) is 18.2 Å². The van der Waals surface area contributed by atoms with Crippen molar-refractivity contribution >= 4 is 27.9 Å². The fourth-order valence-corrected chi connectivity index (χ4v) is 3.84. The summed E-state index contributed by atoms with van der Waals surface area (Å²) in [7, 11) is -2.26. The summed E-state index contributed by atoms with van der Waals surface area (Å²) in [6, 6.07) is 21.7. The molecule has 3 aromatic carbocycles. The average molecular weight is 466 g/mol. The van der Waals surface area contributed by atoms with Gasteiger partial charge in [-0.25, -0.2) is 13.1 Å². The lowest BCUT2D eigenvalue weighted by Gasteiger charge is -2.09. The van der Waals surface area contributed by atoms with Crippen molar-refractivity contribution in [2.24, 2.45) is 0 Å². The molecule has 0 aromatic heterocycles. The van der Waals surface area contributed by atoms with Gasteiger partial charge in [-0.05, 0) is 47.5 Å². The first kappa shape index (κ1) is 23.7. The van der Waals surface area contributed by atoms with Gasteiger partial charge in [-0.1, -0.05) is 48.5 Å². The minimum Gasteiger partial charge on any atom is -0.497 e. The minimum atomic E-state index is -3.83. The normalized spacial score (nSPS) is 11.2. The molecule has 33 heavy (non-hydrogen) atoms. The Morgan fingerprint density at radius 1 is 0.909 bits per heavy atom. The molecule has 0 unspecified atom stereocenters. The molecule has 0 saturated heterocycles. The van der Waals surface area contributed by atoms with Crippen molar-refractivity contribution in [2.45, 2.75) is 11.4 Å². The number of methoxy groups -OCH3 is 1. The van der Waals surface area contributed by atoms with E-state index in [2.05, 4.69) is 15.6 Å². The predicted octanol–water partition coefficient (Wildman–Crippen LogP) is 2.65. The quantitative estimate of drug-likeness (QED) is 0.350. The topological polar surface area (TPSA) is 114 Å². The van der Waals surface area contributed by atoms with E-state index in [-0.39, 0.29) is 17.0 Å². The molecule has 0 saturated carbocycles. The second kappa shape index (κ2) is 11.1. The average Bonchev–Trinajstić information content (AvgIpc) is 2.86. The van der Waals surface area contributed by atoms with Gasteiger partial charge in [-0.2, -0.15) is 0 Å². The summed E-state index contributed by atoms with van der Waals surface area (Å²) in [5.74, 6) is -0.503. The van der Waals surface area contributed by atoms with Crippen LogP contribution in [0.1, 0.15) is 21.5 Å². The van der Waals surface area contributed by atoms with Crippen molar-refractivity contribution in [1.29, 1.82) is 0 Å². The van der Waals surface area contributed by atoms with Crippen LogP contribution in [0.4, 0.5) is 0 Å². The summed E-state index contributed by atoms with van der Waals surface area (Å²) in [6.07, 6.45) is 2.84.